The first-order valence-corrected chi connectivity index (χ1v) is 5.94. The highest BCUT2D eigenvalue weighted by Crippen LogP contribution is 2.07. The Balaban J connectivity index is 2.32. The van der Waals surface area contributed by atoms with Crippen molar-refractivity contribution >= 4 is 5.97 Å². The number of unbranched alkanes of at least 4 members (excludes halogenated alkanes) is 1. The minimum Gasteiger partial charge on any atom is -0.464 e. The number of aryl methyl sites for hydroxylation is 1. The largest absolute Gasteiger partial charge is 0.464 e. The van der Waals surface area contributed by atoms with Crippen molar-refractivity contribution in [1.29, 1.82) is 0 Å². The van der Waals surface area contributed by atoms with E-state index in [-0.39, 0.29) is 5.69 Å². The zero-order valence-corrected chi connectivity index (χ0v) is 10.9. The van der Waals surface area contributed by atoms with E-state index < -0.39 is 5.97 Å². The van der Waals surface area contributed by atoms with Crippen LogP contribution in [0.5, 0.6) is 0 Å². The summed E-state index contributed by atoms with van der Waals surface area (Å²) in [6, 6.07) is 0. The molecule has 0 spiro atoms. The lowest BCUT2D eigenvalue weighted by Gasteiger charge is -2.01. The summed E-state index contributed by atoms with van der Waals surface area (Å²) in [6.45, 7) is 6.51. The third-order valence-electron chi connectivity index (χ3n) is 2.54. The molecule has 0 aliphatic rings. The summed E-state index contributed by atoms with van der Waals surface area (Å²) < 4.78 is 6.23. The van der Waals surface area contributed by atoms with E-state index in [1.165, 1.54) is 12.7 Å². The Bertz CT molecular complexity index is 435. The summed E-state index contributed by atoms with van der Waals surface area (Å²) in [4.78, 5) is 11.2. The van der Waals surface area contributed by atoms with Gasteiger partial charge in [-0.2, -0.15) is 0 Å². The summed E-state index contributed by atoms with van der Waals surface area (Å²) >= 11 is 0. The predicted octanol–water partition coefficient (Wildman–Crippen LogP) is 2.37. The highest BCUT2D eigenvalue weighted by atomic mass is 16.5. The van der Waals surface area contributed by atoms with E-state index in [0.29, 0.717) is 0 Å². The lowest BCUT2D eigenvalue weighted by molar-refractivity contribution is 0.0594. The number of carbonyl (C=O) groups excluding carboxylic acids is 1. The van der Waals surface area contributed by atoms with E-state index in [1.54, 1.807) is 17.0 Å². The van der Waals surface area contributed by atoms with Crippen molar-refractivity contribution in [2.45, 2.75) is 32.7 Å². The maximum absolute atomic E-state index is 11.2. The van der Waals surface area contributed by atoms with Gasteiger partial charge in [0.1, 0.15) is 0 Å². The molecule has 5 nitrogen and oxygen atoms in total. The van der Waals surface area contributed by atoms with Gasteiger partial charge >= 0.3 is 5.97 Å². The van der Waals surface area contributed by atoms with E-state index in [1.807, 2.05) is 6.08 Å². The summed E-state index contributed by atoms with van der Waals surface area (Å²) in [6.07, 6.45) is 8.54. The molecule has 0 aliphatic heterocycles. The monoisotopic (exact) mass is 249 g/mol. The van der Waals surface area contributed by atoms with Crippen LogP contribution in [0.2, 0.25) is 0 Å². The Morgan fingerprint density at radius 1 is 1.56 bits per heavy atom. The maximum atomic E-state index is 11.2. The molecule has 0 radical (unpaired) electrons. The summed E-state index contributed by atoms with van der Waals surface area (Å²) in [5.41, 5.74) is 1.57. The van der Waals surface area contributed by atoms with Gasteiger partial charge in [0.05, 0.1) is 13.3 Å². The number of methoxy groups -OCH3 is 1. The van der Waals surface area contributed by atoms with Crippen LogP contribution in [0.25, 0.3) is 0 Å². The van der Waals surface area contributed by atoms with Crippen molar-refractivity contribution in [3.8, 4) is 0 Å². The zero-order valence-electron chi connectivity index (χ0n) is 10.9. The molecule has 18 heavy (non-hydrogen) atoms. The molecule has 0 bridgehead atoms. The van der Waals surface area contributed by atoms with Gasteiger partial charge in [-0.3, -0.25) is 4.68 Å². The van der Waals surface area contributed by atoms with Gasteiger partial charge in [0, 0.05) is 6.54 Å². The van der Waals surface area contributed by atoms with E-state index >= 15 is 0 Å². The van der Waals surface area contributed by atoms with Gasteiger partial charge in [0.15, 0.2) is 5.69 Å². The molecule has 0 amide bonds. The van der Waals surface area contributed by atoms with E-state index in [0.717, 1.165) is 25.8 Å². The average Bonchev–Trinajstić information content (AvgIpc) is 2.83. The number of carbonyl (C=O) groups is 1. The fraction of sp³-hybridized carbons (Fsp3) is 0.462. The molecule has 5 heteroatoms. The number of esters is 1. The number of ether oxygens (including phenoxy) is 1. The molecule has 1 aromatic rings. The van der Waals surface area contributed by atoms with Crippen LogP contribution in [0.1, 0.15) is 36.7 Å². The van der Waals surface area contributed by atoms with Gasteiger partial charge in [-0.15, -0.1) is 5.10 Å². The highest BCUT2D eigenvalue weighted by Gasteiger charge is 2.09. The number of hydrogen-bond acceptors (Lipinski definition) is 4. The predicted molar refractivity (Wildman–Crippen MR) is 69.2 cm³/mol. The smallest absolute Gasteiger partial charge is 0.360 e. The third kappa shape index (κ3) is 4.53. The summed E-state index contributed by atoms with van der Waals surface area (Å²) in [7, 11) is 1.33. The SMILES string of the molecule is C=C/C=C(\C)CCCCn1cc(C(=O)OC)nn1. The molecule has 0 fully saturated rings. The zero-order chi connectivity index (χ0) is 13.4. The molecule has 1 heterocycles. The minimum atomic E-state index is -0.453. The second-order valence-electron chi connectivity index (χ2n) is 4.06. The fourth-order valence-electron chi connectivity index (χ4n) is 1.57. The van der Waals surface area contributed by atoms with Crippen molar-refractivity contribution in [2.75, 3.05) is 7.11 Å². The Labute approximate surface area is 107 Å². The van der Waals surface area contributed by atoms with Crippen LogP contribution in [0.4, 0.5) is 0 Å². The first kappa shape index (κ1) is 14.2. The average molecular weight is 249 g/mol. The van der Waals surface area contributed by atoms with Gasteiger partial charge in [-0.1, -0.05) is 29.5 Å². The molecule has 98 valence electrons. The first-order chi connectivity index (χ1) is 8.67. The van der Waals surface area contributed by atoms with Crippen molar-refractivity contribution < 1.29 is 9.53 Å². The third-order valence-corrected chi connectivity index (χ3v) is 2.54. The highest BCUT2D eigenvalue weighted by molar-refractivity contribution is 5.86. The quantitative estimate of drug-likeness (QED) is 0.423. The molecule has 0 aliphatic carbocycles. The summed E-state index contributed by atoms with van der Waals surface area (Å²) in [5.74, 6) is -0.453. The van der Waals surface area contributed by atoms with Crippen LogP contribution in [0, 0.1) is 0 Å². The lowest BCUT2D eigenvalue weighted by atomic mass is 10.1. The Hall–Kier alpha value is -1.91. The number of allylic oxidation sites excluding steroid dienone is 3. The maximum Gasteiger partial charge on any atom is 0.360 e. The Kier molecular flexibility index (Phi) is 5.84. The molecular formula is C13H19N3O2. The minimum absolute atomic E-state index is 0.250. The van der Waals surface area contributed by atoms with Crippen LogP contribution >= 0.6 is 0 Å². The molecule has 0 aromatic carbocycles. The van der Waals surface area contributed by atoms with Gasteiger partial charge < -0.3 is 4.74 Å². The molecule has 0 saturated carbocycles. The van der Waals surface area contributed by atoms with Crippen LogP contribution in [0.15, 0.2) is 30.5 Å². The van der Waals surface area contributed by atoms with Gasteiger partial charge in [0.25, 0.3) is 0 Å². The molecule has 0 saturated heterocycles. The molecule has 0 atom stereocenters. The number of aromatic nitrogens is 3. The molecule has 0 unspecified atom stereocenters. The molecular weight excluding hydrogens is 230 g/mol. The standard InChI is InChI=1S/C13H19N3O2/c1-4-7-11(2)8-5-6-9-16-10-12(14-15-16)13(17)18-3/h4,7,10H,1,5-6,8-9H2,2-3H3/b11-7+. The van der Waals surface area contributed by atoms with Gasteiger partial charge in [-0.25, -0.2) is 4.79 Å². The summed E-state index contributed by atoms with van der Waals surface area (Å²) in [5, 5.41) is 7.62. The molecule has 1 aromatic heterocycles. The van der Waals surface area contributed by atoms with Gasteiger partial charge in [0.2, 0.25) is 0 Å². The van der Waals surface area contributed by atoms with Crippen molar-refractivity contribution in [3.05, 3.63) is 36.2 Å². The van der Waals surface area contributed by atoms with E-state index in [9.17, 15) is 4.79 Å². The Morgan fingerprint density at radius 3 is 3.00 bits per heavy atom. The second-order valence-corrected chi connectivity index (χ2v) is 4.06. The van der Waals surface area contributed by atoms with Crippen molar-refractivity contribution in [3.63, 3.8) is 0 Å². The van der Waals surface area contributed by atoms with E-state index in [4.69, 9.17) is 0 Å². The van der Waals surface area contributed by atoms with Crippen LogP contribution in [-0.2, 0) is 11.3 Å². The van der Waals surface area contributed by atoms with E-state index in [2.05, 4.69) is 28.6 Å². The number of nitrogens with zero attached hydrogens (tertiary/aromatic N) is 3. The molecule has 1 rings (SSSR count). The first-order valence-electron chi connectivity index (χ1n) is 5.94. The second kappa shape index (κ2) is 7.42. The van der Waals surface area contributed by atoms with Crippen molar-refractivity contribution in [2.24, 2.45) is 0 Å². The number of hydrogen-bond donors (Lipinski definition) is 0. The van der Waals surface area contributed by atoms with Crippen molar-refractivity contribution in [1.82, 2.24) is 15.0 Å². The van der Waals surface area contributed by atoms with Gasteiger partial charge in [-0.05, 0) is 26.2 Å². The van der Waals surface area contributed by atoms with Crippen LogP contribution in [-0.4, -0.2) is 28.1 Å². The number of rotatable bonds is 7. The Morgan fingerprint density at radius 2 is 2.33 bits per heavy atom. The van der Waals surface area contributed by atoms with Crippen LogP contribution < -0.4 is 0 Å². The normalized spacial score (nSPS) is 11.3. The molecule has 0 N–H and O–H groups in total. The van der Waals surface area contributed by atoms with Crippen LogP contribution in [0.3, 0.4) is 0 Å². The lowest BCUT2D eigenvalue weighted by Crippen LogP contribution is -2.01. The topological polar surface area (TPSA) is 57.0 Å². The fourth-order valence-corrected chi connectivity index (χ4v) is 1.57.